The second-order valence-corrected chi connectivity index (χ2v) is 6.35. The van der Waals surface area contributed by atoms with Gasteiger partial charge in [0.25, 0.3) is 0 Å². The van der Waals surface area contributed by atoms with E-state index in [1.54, 1.807) is 0 Å². The molecule has 1 fully saturated rings. The predicted molar refractivity (Wildman–Crippen MR) is 73.1 cm³/mol. The van der Waals surface area contributed by atoms with E-state index in [0.717, 1.165) is 0 Å². The maximum atomic E-state index is 2.53. The molecule has 1 heterocycles. The minimum Gasteiger partial charge on any atom is -0.340 e. The van der Waals surface area contributed by atoms with Crippen molar-refractivity contribution in [1.82, 2.24) is 0 Å². The number of rotatable bonds is 1. The minimum atomic E-state index is 0.270. The van der Waals surface area contributed by atoms with Crippen LogP contribution in [0.2, 0.25) is 0 Å². The van der Waals surface area contributed by atoms with E-state index in [-0.39, 0.29) is 5.41 Å². The smallest absolute Gasteiger partial charge is 0.112 e. The molecule has 2 N–H and O–H groups in total. The molecule has 17 heavy (non-hydrogen) atoms. The van der Waals surface area contributed by atoms with Crippen LogP contribution in [0.5, 0.6) is 0 Å². The molecule has 1 nitrogen and oxygen atoms in total. The van der Waals surface area contributed by atoms with Crippen LogP contribution in [0.25, 0.3) is 0 Å². The first-order valence-corrected chi connectivity index (χ1v) is 7.01. The van der Waals surface area contributed by atoms with E-state index in [9.17, 15) is 0 Å². The summed E-state index contributed by atoms with van der Waals surface area (Å²) in [6, 6.07) is 10.0. The molecule has 0 aromatic heterocycles. The van der Waals surface area contributed by atoms with Gasteiger partial charge in [-0.3, -0.25) is 0 Å². The molecule has 0 unspecified atom stereocenters. The number of nitrogens with two attached hydrogens (primary N) is 1. The summed E-state index contributed by atoms with van der Waals surface area (Å²) >= 11 is 0. The van der Waals surface area contributed by atoms with E-state index in [1.165, 1.54) is 43.4 Å². The van der Waals surface area contributed by atoms with Crippen LogP contribution in [0.15, 0.2) is 24.3 Å². The molecule has 1 aromatic carbocycles. The molecular formula is C16H26N+. The van der Waals surface area contributed by atoms with Crippen LogP contribution in [0, 0.1) is 0 Å². The van der Waals surface area contributed by atoms with Gasteiger partial charge < -0.3 is 5.32 Å². The summed E-state index contributed by atoms with van der Waals surface area (Å²) in [5.41, 5.74) is 3.22. The molecule has 1 saturated heterocycles. The molecule has 0 bridgehead atoms. The number of benzene rings is 1. The Balaban J connectivity index is 2.11. The standard InChI is InChI=1S/C16H25N/c1-16(2,3)14-10-8-13(9-11-14)15-7-5-4-6-12-17-15/h8-11,15,17H,4-7,12H2,1-3H3/p+1/t15-/m0/s1. The fourth-order valence-corrected chi connectivity index (χ4v) is 2.66. The van der Waals surface area contributed by atoms with Crippen molar-refractivity contribution in [1.29, 1.82) is 0 Å². The summed E-state index contributed by atoms with van der Waals surface area (Å²) in [6.07, 6.45) is 5.53. The average molecular weight is 232 g/mol. The van der Waals surface area contributed by atoms with Crippen LogP contribution < -0.4 is 5.32 Å². The third-order valence-electron chi connectivity index (χ3n) is 3.88. The van der Waals surface area contributed by atoms with E-state index in [4.69, 9.17) is 0 Å². The van der Waals surface area contributed by atoms with Crippen LogP contribution in [0.1, 0.15) is 63.6 Å². The SMILES string of the molecule is CC(C)(C)c1ccc([C@@H]2CCCCC[NH2+]2)cc1. The van der Waals surface area contributed by atoms with Gasteiger partial charge in [-0.15, -0.1) is 0 Å². The van der Waals surface area contributed by atoms with Gasteiger partial charge in [-0.25, -0.2) is 0 Å². The Hall–Kier alpha value is -0.820. The Labute approximate surface area is 106 Å². The lowest BCUT2D eigenvalue weighted by atomic mass is 9.86. The molecular weight excluding hydrogens is 206 g/mol. The molecule has 1 aliphatic rings. The van der Waals surface area contributed by atoms with Gasteiger partial charge in [0, 0.05) is 12.0 Å². The van der Waals surface area contributed by atoms with Gasteiger partial charge in [0.2, 0.25) is 0 Å². The highest BCUT2D eigenvalue weighted by Crippen LogP contribution is 2.25. The number of hydrogen-bond donors (Lipinski definition) is 1. The fraction of sp³-hybridized carbons (Fsp3) is 0.625. The summed E-state index contributed by atoms with van der Waals surface area (Å²) in [5.74, 6) is 0. The van der Waals surface area contributed by atoms with Crippen molar-refractivity contribution in [2.75, 3.05) is 6.54 Å². The monoisotopic (exact) mass is 232 g/mol. The normalized spacial score (nSPS) is 22.2. The molecule has 1 aliphatic heterocycles. The summed E-state index contributed by atoms with van der Waals surface area (Å²) < 4.78 is 0. The Morgan fingerprint density at radius 1 is 1.00 bits per heavy atom. The number of hydrogen-bond acceptors (Lipinski definition) is 0. The zero-order chi connectivity index (χ0) is 12.3. The van der Waals surface area contributed by atoms with Gasteiger partial charge in [0.05, 0.1) is 6.54 Å². The first-order valence-electron chi connectivity index (χ1n) is 7.01. The van der Waals surface area contributed by atoms with E-state index in [2.05, 4.69) is 50.4 Å². The van der Waals surface area contributed by atoms with Gasteiger partial charge in [-0.2, -0.15) is 0 Å². The van der Waals surface area contributed by atoms with Crippen LogP contribution in [-0.4, -0.2) is 6.54 Å². The molecule has 1 atom stereocenters. The second-order valence-electron chi connectivity index (χ2n) is 6.35. The lowest BCUT2D eigenvalue weighted by Gasteiger charge is -2.20. The second kappa shape index (κ2) is 5.22. The maximum Gasteiger partial charge on any atom is 0.112 e. The van der Waals surface area contributed by atoms with Crippen molar-refractivity contribution < 1.29 is 5.32 Å². The first-order chi connectivity index (χ1) is 8.07. The molecule has 94 valence electrons. The molecule has 0 spiro atoms. The summed E-state index contributed by atoms with van der Waals surface area (Å²) in [4.78, 5) is 0. The topological polar surface area (TPSA) is 16.6 Å². The molecule has 1 heteroatoms. The lowest BCUT2D eigenvalue weighted by Crippen LogP contribution is -2.84. The van der Waals surface area contributed by atoms with E-state index >= 15 is 0 Å². The first kappa shape index (κ1) is 12.6. The third kappa shape index (κ3) is 3.32. The Morgan fingerprint density at radius 2 is 1.71 bits per heavy atom. The van der Waals surface area contributed by atoms with Crippen molar-refractivity contribution in [3.05, 3.63) is 35.4 Å². The van der Waals surface area contributed by atoms with Gasteiger partial charge in [0.1, 0.15) is 6.04 Å². The van der Waals surface area contributed by atoms with Crippen molar-refractivity contribution in [3.8, 4) is 0 Å². The van der Waals surface area contributed by atoms with Gasteiger partial charge >= 0.3 is 0 Å². The molecule has 0 saturated carbocycles. The Kier molecular flexibility index (Phi) is 3.88. The Bertz CT molecular complexity index is 337. The van der Waals surface area contributed by atoms with Gasteiger partial charge in [0.15, 0.2) is 0 Å². The molecule has 0 aliphatic carbocycles. The van der Waals surface area contributed by atoms with Crippen LogP contribution in [-0.2, 0) is 5.41 Å². The summed E-state index contributed by atoms with van der Waals surface area (Å²) in [7, 11) is 0. The molecule has 2 rings (SSSR count). The fourth-order valence-electron chi connectivity index (χ4n) is 2.66. The minimum absolute atomic E-state index is 0.270. The van der Waals surface area contributed by atoms with E-state index < -0.39 is 0 Å². The van der Waals surface area contributed by atoms with Crippen LogP contribution >= 0.6 is 0 Å². The average Bonchev–Trinajstić information content (AvgIpc) is 2.56. The molecule has 0 radical (unpaired) electrons. The zero-order valence-electron chi connectivity index (χ0n) is 11.5. The predicted octanol–water partition coefficient (Wildman–Crippen LogP) is 3.16. The maximum absolute atomic E-state index is 2.53. The van der Waals surface area contributed by atoms with Crippen LogP contribution in [0.3, 0.4) is 0 Å². The van der Waals surface area contributed by atoms with Gasteiger partial charge in [-0.1, -0.05) is 45.0 Å². The van der Waals surface area contributed by atoms with Crippen molar-refractivity contribution in [2.45, 2.75) is 57.9 Å². The van der Waals surface area contributed by atoms with Crippen molar-refractivity contribution in [2.24, 2.45) is 0 Å². The third-order valence-corrected chi connectivity index (χ3v) is 3.88. The summed E-state index contributed by atoms with van der Waals surface area (Å²) in [5, 5.41) is 2.53. The van der Waals surface area contributed by atoms with Crippen LogP contribution in [0.4, 0.5) is 0 Å². The highest BCUT2D eigenvalue weighted by molar-refractivity contribution is 5.28. The molecule has 1 aromatic rings. The quantitative estimate of drug-likeness (QED) is 0.766. The largest absolute Gasteiger partial charge is 0.340 e. The van der Waals surface area contributed by atoms with E-state index in [0.29, 0.717) is 6.04 Å². The highest BCUT2D eigenvalue weighted by Gasteiger charge is 2.18. The molecule has 0 amide bonds. The highest BCUT2D eigenvalue weighted by atomic mass is 14.9. The van der Waals surface area contributed by atoms with E-state index in [1.807, 2.05) is 0 Å². The lowest BCUT2D eigenvalue weighted by molar-refractivity contribution is -0.694. The Morgan fingerprint density at radius 3 is 2.35 bits per heavy atom. The zero-order valence-corrected chi connectivity index (χ0v) is 11.5. The van der Waals surface area contributed by atoms with Crippen molar-refractivity contribution in [3.63, 3.8) is 0 Å². The van der Waals surface area contributed by atoms with Gasteiger partial charge in [-0.05, 0) is 30.2 Å². The number of quaternary nitrogens is 1. The summed E-state index contributed by atoms with van der Waals surface area (Å²) in [6.45, 7) is 8.13. The van der Waals surface area contributed by atoms with Crippen molar-refractivity contribution >= 4 is 0 Å².